The van der Waals surface area contributed by atoms with Crippen LogP contribution >= 0.6 is 0 Å². The molecular weight excluding hydrogens is 328 g/mol. The molecule has 0 aromatic heterocycles. The van der Waals surface area contributed by atoms with Crippen molar-refractivity contribution in [3.8, 4) is 0 Å². The van der Waals surface area contributed by atoms with E-state index >= 15 is 0 Å². The van der Waals surface area contributed by atoms with Gasteiger partial charge in [0.15, 0.2) is 16.6 Å². The highest BCUT2D eigenvalue weighted by Crippen LogP contribution is 2.39. The summed E-state index contributed by atoms with van der Waals surface area (Å²) in [4.78, 5) is 12.5. The molecule has 0 saturated carbocycles. The highest BCUT2D eigenvalue weighted by molar-refractivity contribution is 6.37. The Labute approximate surface area is 148 Å². The number of nitrogens with zero attached hydrogens (tertiary/aromatic N) is 6. The zero-order valence-electron chi connectivity index (χ0n) is 13.8. The average Bonchev–Trinajstić information content (AvgIpc) is 2.67. The molecule has 0 radical (unpaired) electrons. The van der Waals surface area contributed by atoms with Crippen LogP contribution in [0.25, 0.3) is 33.0 Å². The summed E-state index contributed by atoms with van der Waals surface area (Å²) in [5.74, 6) is -0.0207. The lowest BCUT2D eigenvalue weighted by Gasteiger charge is -2.23. The van der Waals surface area contributed by atoms with Crippen LogP contribution in [0.5, 0.6) is 0 Å². The number of carbonyl (C=O) groups is 1. The van der Waals surface area contributed by atoms with E-state index in [1.807, 2.05) is 30.3 Å². The lowest BCUT2D eigenvalue weighted by Crippen LogP contribution is -2.14. The average molecular weight is 340 g/mol. The standard InChI is InChI=1S/C19H12N6O/c1-2-17(26)14-9-16(23-25-21)13-5-3-10-4-8-15(22-24-20)12-7-6-11(14)19(13)18(10)12/h3-9H,2H2,1H3. The first kappa shape index (κ1) is 15.7. The first-order valence-corrected chi connectivity index (χ1v) is 8.07. The molecule has 0 spiro atoms. The van der Waals surface area contributed by atoms with Gasteiger partial charge in [0.05, 0.1) is 0 Å². The van der Waals surface area contributed by atoms with Crippen LogP contribution in [0.1, 0.15) is 35.6 Å². The van der Waals surface area contributed by atoms with Crippen molar-refractivity contribution >= 4 is 39.6 Å². The largest absolute Gasteiger partial charge is 0.362 e. The van der Waals surface area contributed by atoms with Crippen molar-refractivity contribution in [1.29, 1.82) is 5.39 Å². The number of diazo groups is 1. The molecule has 4 rings (SSSR count). The van der Waals surface area contributed by atoms with Gasteiger partial charge >= 0.3 is 5.08 Å². The molecule has 0 amide bonds. The summed E-state index contributed by atoms with van der Waals surface area (Å²) < 4.78 is 0. The summed E-state index contributed by atoms with van der Waals surface area (Å²) >= 11 is 0. The molecule has 0 atom stereocenters. The van der Waals surface area contributed by atoms with E-state index in [4.69, 9.17) is 10.9 Å². The molecule has 124 valence electrons. The van der Waals surface area contributed by atoms with E-state index in [1.165, 1.54) is 0 Å². The van der Waals surface area contributed by atoms with Crippen molar-refractivity contribution < 1.29 is 4.79 Å². The van der Waals surface area contributed by atoms with Gasteiger partial charge in [-0.1, -0.05) is 43.3 Å². The molecule has 2 aliphatic carbocycles. The van der Waals surface area contributed by atoms with E-state index in [-0.39, 0.29) is 5.78 Å². The summed E-state index contributed by atoms with van der Waals surface area (Å²) in [5.41, 5.74) is 13.6. The van der Waals surface area contributed by atoms with Crippen molar-refractivity contribution in [2.45, 2.75) is 13.3 Å². The zero-order valence-corrected chi connectivity index (χ0v) is 13.8. The predicted molar refractivity (Wildman–Crippen MR) is 100 cm³/mol. The maximum absolute atomic E-state index is 12.5. The van der Waals surface area contributed by atoms with E-state index in [0.717, 1.165) is 33.0 Å². The number of hydrogen-bond donors (Lipinski definition) is 0. The van der Waals surface area contributed by atoms with Gasteiger partial charge in [-0.15, -0.1) is 0 Å². The van der Waals surface area contributed by atoms with Gasteiger partial charge in [-0.25, -0.2) is 0 Å². The molecule has 2 aromatic carbocycles. The Kier molecular flexibility index (Phi) is 3.59. The number of ketones is 1. The normalized spacial score (nSPS) is 17.3. The maximum Gasteiger partial charge on any atom is 0.339 e. The highest BCUT2D eigenvalue weighted by Gasteiger charge is 2.27. The Hall–Kier alpha value is -3.79. The molecule has 0 N–H and O–H groups in total. The van der Waals surface area contributed by atoms with Gasteiger partial charge in [0.2, 0.25) is 0 Å². The fourth-order valence-electron chi connectivity index (χ4n) is 3.55. The summed E-state index contributed by atoms with van der Waals surface area (Å²) in [7, 11) is 0. The first-order chi connectivity index (χ1) is 12.7. The minimum absolute atomic E-state index is 0.0207. The van der Waals surface area contributed by atoms with Crippen molar-refractivity contribution in [2.75, 3.05) is 0 Å². The van der Waals surface area contributed by atoms with E-state index < -0.39 is 0 Å². The third kappa shape index (κ3) is 2.13. The molecular formula is C19H12N6O. The Balaban J connectivity index is 2.16. The zero-order chi connectivity index (χ0) is 18.3. The van der Waals surface area contributed by atoms with Gasteiger partial charge < -0.3 is 10.6 Å². The summed E-state index contributed by atoms with van der Waals surface area (Å²) in [6, 6.07) is 7.56. The Bertz CT molecular complexity index is 1160. The maximum atomic E-state index is 12.5. The van der Waals surface area contributed by atoms with Crippen LogP contribution in [0.2, 0.25) is 0 Å². The van der Waals surface area contributed by atoms with Crippen LogP contribution in [-0.2, 0) is 4.79 Å². The second-order valence-corrected chi connectivity index (χ2v) is 5.93. The third-order valence-corrected chi connectivity index (χ3v) is 4.66. The Morgan fingerprint density at radius 3 is 2.54 bits per heavy atom. The molecule has 0 fully saturated rings. The van der Waals surface area contributed by atoms with Gasteiger partial charge in [-0.2, -0.15) is 0 Å². The van der Waals surface area contributed by atoms with Crippen molar-refractivity contribution in [3.63, 3.8) is 0 Å². The van der Waals surface area contributed by atoms with Crippen molar-refractivity contribution in [3.05, 3.63) is 69.3 Å². The van der Waals surface area contributed by atoms with Crippen LogP contribution < -0.4 is 0 Å². The van der Waals surface area contributed by atoms with E-state index in [2.05, 4.69) is 20.5 Å². The predicted octanol–water partition coefficient (Wildman–Crippen LogP) is 4.53. The molecule has 0 saturated heterocycles. The van der Waals surface area contributed by atoms with E-state index in [9.17, 15) is 4.79 Å². The Morgan fingerprint density at radius 2 is 1.81 bits per heavy atom. The monoisotopic (exact) mass is 340 g/mol. The summed E-state index contributed by atoms with van der Waals surface area (Å²) in [6.45, 7) is 1.80. The number of Topliss-reactive ketones (excluding diaryl/α,β-unsaturated/α-hetero) is 1. The second kappa shape index (κ2) is 5.93. The number of hydrogen-bond acceptors (Lipinski definition) is 4. The number of rotatable bonds is 3. The van der Waals surface area contributed by atoms with Gasteiger partial charge in [0.25, 0.3) is 5.39 Å². The molecule has 26 heavy (non-hydrogen) atoms. The smallest absolute Gasteiger partial charge is 0.339 e. The number of carbonyl (C=O) groups excluding carboxylic acids is 1. The fourth-order valence-corrected chi connectivity index (χ4v) is 3.55. The summed E-state index contributed by atoms with van der Waals surface area (Å²) in [5, 5.41) is 24.1. The molecule has 0 heterocycles. The lowest BCUT2D eigenvalue weighted by atomic mass is 9.80. The lowest BCUT2D eigenvalue weighted by molar-refractivity contribution is -0.113. The van der Waals surface area contributed by atoms with Crippen LogP contribution in [-0.4, -0.2) is 17.2 Å². The summed E-state index contributed by atoms with van der Waals surface area (Å²) in [6.07, 6.45) is 5.66. The molecule has 2 aliphatic rings. The van der Waals surface area contributed by atoms with E-state index in [1.54, 1.807) is 19.1 Å². The fraction of sp³-hybridized carbons (Fsp3) is 0.105. The van der Waals surface area contributed by atoms with Gasteiger partial charge in [0.1, 0.15) is 0 Å². The quantitative estimate of drug-likeness (QED) is 0.465. The number of allylic oxidation sites excluding steroid dienone is 3. The minimum Gasteiger partial charge on any atom is -0.362 e. The van der Waals surface area contributed by atoms with Crippen molar-refractivity contribution in [1.82, 2.24) is 0 Å². The topological polar surface area (TPSA) is 105 Å². The molecule has 0 aliphatic heterocycles. The third-order valence-electron chi connectivity index (χ3n) is 4.66. The van der Waals surface area contributed by atoms with Crippen LogP contribution in [0.3, 0.4) is 0 Å². The van der Waals surface area contributed by atoms with Crippen LogP contribution in [0.4, 0.5) is 0 Å². The molecule has 0 bridgehead atoms. The highest BCUT2D eigenvalue weighted by atomic mass is 16.1. The van der Waals surface area contributed by atoms with E-state index in [0.29, 0.717) is 23.4 Å². The second-order valence-electron chi connectivity index (χ2n) is 5.93. The SMILES string of the molecule is CCC(=O)C1=CC(=N[N+]#N)c2ccc3c4c(ccc1c24)C(=NN=[N-])C=C3. The van der Waals surface area contributed by atoms with Crippen LogP contribution in [0, 0.1) is 5.39 Å². The number of benzene rings is 2. The van der Waals surface area contributed by atoms with Gasteiger partial charge in [0, 0.05) is 22.9 Å². The molecule has 7 heteroatoms. The molecule has 2 aromatic rings. The Morgan fingerprint density at radius 1 is 1.08 bits per heavy atom. The molecule has 7 nitrogen and oxygen atoms in total. The first-order valence-electron chi connectivity index (χ1n) is 8.07. The van der Waals surface area contributed by atoms with Gasteiger partial charge in [-0.3, -0.25) is 10.0 Å². The molecule has 0 unspecified atom stereocenters. The van der Waals surface area contributed by atoms with Crippen molar-refractivity contribution in [2.24, 2.45) is 15.4 Å². The van der Waals surface area contributed by atoms with Gasteiger partial charge in [-0.05, 0) is 33.9 Å². The minimum atomic E-state index is -0.0207. The van der Waals surface area contributed by atoms with Crippen LogP contribution in [0.15, 0.2) is 51.8 Å².